The highest BCUT2D eigenvalue weighted by atomic mass is 16.5. The summed E-state index contributed by atoms with van der Waals surface area (Å²) in [6.45, 7) is 11.9. The van der Waals surface area contributed by atoms with Crippen molar-refractivity contribution in [3.8, 4) is 5.75 Å². The molecule has 3 heteroatoms. The van der Waals surface area contributed by atoms with Gasteiger partial charge >= 0.3 is 0 Å². The van der Waals surface area contributed by atoms with Crippen LogP contribution in [0.5, 0.6) is 5.75 Å². The Labute approximate surface area is 129 Å². The van der Waals surface area contributed by atoms with E-state index < -0.39 is 0 Å². The highest BCUT2D eigenvalue weighted by Crippen LogP contribution is 2.26. The second-order valence-corrected chi connectivity index (χ2v) is 6.11. The molecule has 1 unspecified atom stereocenters. The van der Waals surface area contributed by atoms with Gasteiger partial charge in [-0.15, -0.1) is 0 Å². The van der Waals surface area contributed by atoms with Crippen LogP contribution in [0.25, 0.3) is 0 Å². The molecule has 0 spiro atoms. The quantitative estimate of drug-likeness (QED) is 0.792. The van der Waals surface area contributed by atoms with Crippen molar-refractivity contribution in [3.05, 3.63) is 29.3 Å². The van der Waals surface area contributed by atoms with Gasteiger partial charge in [0, 0.05) is 18.2 Å². The summed E-state index contributed by atoms with van der Waals surface area (Å²) in [6.07, 6.45) is 3.84. The molecule has 1 atom stereocenters. The Kier molecular flexibility index (Phi) is 6.52. The maximum Gasteiger partial charge on any atom is 0.124 e. The van der Waals surface area contributed by atoms with Crippen molar-refractivity contribution in [1.29, 1.82) is 0 Å². The molecule has 3 nitrogen and oxygen atoms in total. The van der Waals surface area contributed by atoms with E-state index in [4.69, 9.17) is 4.74 Å². The summed E-state index contributed by atoms with van der Waals surface area (Å²) in [6, 6.07) is 6.85. The molecule has 118 valence electrons. The van der Waals surface area contributed by atoms with Gasteiger partial charge in [0.15, 0.2) is 0 Å². The Morgan fingerprint density at radius 2 is 2.05 bits per heavy atom. The molecule has 0 aromatic heterocycles. The number of likely N-dealkylation sites (tertiary alicyclic amines) is 1. The average molecular weight is 290 g/mol. The van der Waals surface area contributed by atoms with Gasteiger partial charge in [-0.25, -0.2) is 0 Å². The van der Waals surface area contributed by atoms with Crippen LogP contribution in [-0.2, 0) is 0 Å². The molecule has 1 aromatic rings. The maximum absolute atomic E-state index is 6.07. The highest BCUT2D eigenvalue weighted by Gasteiger charge is 2.14. The molecule has 21 heavy (non-hydrogen) atoms. The van der Waals surface area contributed by atoms with Crippen molar-refractivity contribution in [2.45, 2.75) is 46.1 Å². The smallest absolute Gasteiger partial charge is 0.124 e. The molecular formula is C18H30N2O. The van der Waals surface area contributed by atoms with Crippen molar-refractivity contribution in [1.82, 2.24) is 10.2 Å². The predicted octanol–water partition coefficient (Wildman–Crippen LogP) is 3.53. The Morgan fingerprint density at radius 3 is 2.76 bits per heavy atom. The lowest BCUT2D eigenvalue weighted by Crippen LogP contribution is -2.25. The lowest BCUT2D eigenvalue weighted by Gasteiger charge is -2.20. The number of benzene rings is 1. The summed E-state index contributed by atoms with van der Waals surface area (Å²) in [4.78, 5) is 2.49. The van der Waals surface area contributed by atoms with Crippen LogP contribution in [0.2, 0.25) is 0 Å². The Morgan fingerprint density at radius 1 is 1.29 bits per heavy atom. The van der Waals surface area contributed by atoms with E-state index in [0.717, 1.165) is 31.9 Å². The standard InChI is InChI=1S/C18H30N2O/c1-4-9-19-16(3)17-14-15(2)7-8-18(17)21-13-12-20-10-5-6-11-20/h7-8,14,16,19H,4-6,9-13H2,1-3H3. The first kappa shape index (κ1) is 16.3. The number of hydrogen-bond donors (Lipinski definition) is 1. The topological polar surface area (TPSA) is 24.5 Å². The first-order chi connectivity index (χ1) is 10.2. The summed E-state index contributed by atoms with van der Waals surface area (Å²) in [5, 5.41) is 3.56. The lowest BCUT2D eigenvalue weighted by molar-refractivity contribution is 0.235. The van der Waals surface area contributed by atoms with Crippen LogP contribution in [0, 0.1) is 6.92 Å². The van der Waals surface area contributed by atoms with Crippen LogP contribution >= 0.6 is 0 Å². The molecule has 0 saturated carbocycles. The summed E-state index contributed by atoms with van der Waals surface area (Å²) in [5.74, 6) is 1.04. The van der Waals surface area contributed by atoms with Gasteiger partial charge in [0.1, 0.15) is 12.4 Å². The molecule has 0 radical (unpaired) electrons. The van der Waals surface area contributed by atoms with Crippen LogP contribution in [0.3, 0.4) is 0 Å². The molecule has 1 saturated heterocycles. The zero-order valence-electron chi connectivity index (χ0n) is 13.8. The second-order valence-electron chi connectivity index (χ2n) is 6.11. The molecule has 1 aliphatic rings. The third-order valence-corrected chi connectivity index (χ3v) is 4.20. The number of hydrogen-bond acceptors (Lipinski definition) is 3. The van der Waals surface area contributed by atoms with Gasteiger partial charge in [-0.05, 0) is 58.8 Å². The molecule has 0 amide bonds. The minimum absolute atomic E-state index is 0.339. The van der Waals surface area contributed by atoms with E-state index in [-0.39, 0.29) is 0 Å². The van der Waals surface area contributed by atoms with E-state index in [1.807, 2.05) is 0 Å². The van der Waals surface area contributed by atoms with E-state index in [0.29, 0.717) is 6.04 Å². The van der Waals surface area contributed by atoms with E-state index >= 15 is 0 Å². The second kappa shape index (κ2) is 8.40. The Hall–Kier alpha value is -1.06. The highest BCUT2D eigenvalue weighted by molar-refractivity contribution is 5.39. The minimum atomic E-state index is 0.339. The van der Waals surface area contributed by atoms with Crippen LogP contribution in [0.4, 0.5) is 0 Å². The number of nitrogens with one attached hydrogen (secondary N) is 1. The van der Waals surface area contributed by atoms with Gasteiger partial charge in [-0.1, -0.05) is 24.6 Å². The Bertz CT molecular complexity index is 427. The molecule has 1 N–H and O–H groups in total. The van der Waals surface area contributed by atoms with E-state index in [1.54, 1.807) is 0 Å². The normalized spacial score (nSPS) is 17.1. The molecule has 1 aromatic carbocycles. The molecule has 1 fully saturated rings. The van der Waals surface area contributed by atoms with Crippen molar-refractivity contribution in [2.75, 3.05) is 32.8 Å². The molecule has 1 heterocycles. The SMILES string of the molecule is CCCNC(C)c1cc(C)ccc1OCCN1CCCC1. The molecule has 2 rings (SSSR count). The van der Waals surface area contributed by atoms with Gasteiger partial charge in [0.05, 0.1) is 0 Å². The fourth-order valence-electron chi connectivity index (χ4n) is 2.90. The fourth-order valence-corrected chi connectivity index (χ4v) is 2.90. The number of nitrogens with zero attached hydrogens (tertiary/aromatic N) is 1. The van der Waals surface area contributed by atoms with E-state index in [1.165, 1.54) is 37.1 Å². The monoisotopic (exact) mass is 290 g/mol. The van der Waals surface area contributed by atoms with Crippen LogP contribution < -0.4 is 10.1 Å². The zero-order chi connectivity index (χ0) is 15.1. The minimum Gasteiger partial charge on any atom is -0.492 e. The molecule has 0 bridgehead atoms. The van der Waals surface area contributed by atoms with Crippen LogP contribution in [0.15, 0.2) is 18.2 Å². The van der Waals surface area contributed by atoms with E-state index in [2.05, 4.69) is 49.2 Å². The average Bonchev–Trinajstić information content (AvgIpc) is 2.99. The van der Waals surface area contributed by atoms with Gasteiger partial charge in [0.2, 0.25) is 0 Å². The number of rotatable bonds is 8. The molecular weight excluding hydrogens is 260 g/mol. The number of aryl methyl sites for hydroxylation is 1. The fraction of sp³-hybridized carbons (Fsp3) is 0.667. The van der Waals surface area contributed by atoms with Crippen molar-refractivity contribution >= 4 is 0 Å². The van der Waals surface area contributed by atoms with Crippen LogP contribution in [-0.4, -0.2) is 37.7 Å². The Balaban J connectivity index is 1.93. The van der Waals surface area contributed by atoms with Gasteiger partial charge in [0.25, 0.3) is 0 Å². The van der Waals surface area contributed by atoms with Crippen molar-refractivity contribution in [3.63, 3.8) is 0 Å². The third kappa shape index (κ3) is 5.01. The number of ether oxygens (including phenoxy) is 1. The molecule has 1 aliphatic heterocycles. The third-order valence-electron chi connectivity index (χ3n) is 4.20. The lowest BCUT2D eigenvalue weighted by atomic mass is 10.0. The summed E-state index contributed by atoms with van der Waals surface area (Å²) in [7, 11) is 0. The predicted molar refractivity (Wildman–Crippen MR) is 89.1 cm³/mol. The zero-order valence-corrected chi connectivity index (χ0v) is 13.8. The summed E-state index contributed by atoms with van der Waals surface area (Å²) < 4.78 is 6.07. The first-order valence-corrected chi connectivity index (χ1v) is 8.39. The van der Waals surface area contributed by atoms with Gasteiger partial charge in [-0.2, -0.15) is 0 Å². The van der Waals surface area contributed by atoms with Crippen LogP contribution in [0.1, 0.15) is 50.3 Å². The van der Waals surface area contributed by atoms with Gasteiger partial charge < -0.3 is 10.1 Å². The summed E-state index contributed by atoms with van der Waals surface area (Å²) in [5.41, 5.74) is 2.58. The van der Waals surface area contributed by atoms with Crippen molar-refractivity contribution in [2.24, 2.45) is 0 Å². The van der Waals surface area contributed by atoms with Gasteiger partial charge in [-0.3, -0.25) is 4.90 Å². The molecule has 0 aliphatic carbocycles. The first-order valence-electron chi connectivity index (χ1n) is 8.39. The maximum atomic E-state index is 6.07. The van der Waals surface area contributed by atoms with E-state index in [9.17, 15) is 0 Å². The largest absolute Gasteiger partial charge is 0.492 e. The summed E-state index contributed by atoms with van der Waals surface area (Å²) >= 11 is 0. The van der Waals surface area contributed by atoms with Crippen molar-refractivity contribution < 1.29 is 4.74 Å².